The molecule has 19 heavy (non-hydrogen) atoms. The van der Waals surface area contributed by atoms with Gasteiger partial charge in [-0.1, -0.05) is 19.1 Å². The number of hydrogen-bond donors (Lipinski definition) is 1. The van der Waals surface area contributed by atoms with E-state index in [1.54, 1.807) is 0 Å². The summed E-state index contributed by atoms with van der Waals surface area (Å²) in [4.78, 5) is 14.1. The van der Waals surface area contributed by atoms with Crippen LogP contribution in [0.15, 0.2) is 24.3 Å². The van der Waals surface area contributed by atoms with Crippen LogP contribution in [0.1, 0.15) is 31.2 Å². The van der Waals surface area contributed by atoms with Gasteiger partial charge in [0.15, 0.2) is 0 Å². The molecule has 2 unspecified atom stereocenters. The first-order chi connectivity index (χ1) is 9.08. The van der Waals surface area contributed by atoms with Crippen molar-refractivity contribution in [3.05, 3.63) is 29.8 Å². The van der Waals surface area contributed by atoms with Gasteiger partial charge < -0.3 is 15.4 Å². The molecule has 2 N–H and O–H groups in total. The van der Waals surface area contributed by atoms with Crippen molar-refractivity contribution in [3.8, 4) is 0 Å². The molecule has 2 atom stereocenters. The second-order valence-electron chi connectivity index (χ2n) is 5.29. The lowest BCUT2D eigenvalue weighted by atomic mass is 9.96. The van der Waals surface area contributed by atoms with Crippen molar-refractivity contribution in [2.24, 2.45) is 0 Å². The molecule has 104 valence electrons. The Morgan fingerprint density at radius 1 is 1.47 bits per heavy atom. The van der Waals surface area contributed by atoms with E-state index in [2.05, 4.69) is 6.92 Å². The summed E-state index contributed by atoms with van der Waals surface area (Å²) in [7, 11) is 1.87. The number of nitrogens with zero attached hydrogens (tertiary/aromatic N) is 1. The average molecular weight is 262 g/mol. The van der Waals surface area contributed by atoms with Crippen LogP contribution in [0.25, 0.3) is 0 Å². The highest BCUT2D eigenvalue weighted by Crippen LogP contribution is 2.22. The monoisotopic (exact) mass is 262 g/mol. The normalized spacial score (nSPS) is 20.2. The van der Waals surface area contributed by atoms with Gasteiger partial charge in [0.25, 0.3) is 0 Å². The third-order valence-corrected chi connectivity index (χ3v) is 3.83. The first-order valence-electron chi connectivity index (χ1n) is 6.76. The van der Waals surface area contributed by atoms with E-state index in [9.17, 15) is 4.79 Å². The quantitative estimate of drug-likeness (QED) is 0.844. The Morgan fingerprint density at radius 2 is 2.16 bits per heavy atom. The summed E-state index contributed by atoms with van der Waals surface area (Å²) in [5, 5.41) is 0. The third kappa shape index (κ3) is 3.47. The third-order valence-electron chi connectivity index (χ3n) is 3.83. The molecule has 0 saturated carbocycles. The molecule has 1 amide bonds. The molecule has 4 heteroatoms. The van der Waals surface area contributed by atoms with Crippen molar-refractivity contribution in [1.82, 2.24) is 4.90 Å². The van der Waals surface area contributed by atoms with Gasteiger partial charge in [0, 0.05) is 25.8 Å². The highest BCUT2D eigenvalue weighted by molar-refractivity contribution is 5.77. The number of carbonyl (C=O) groups excluding carboxylic acids is 1. The smallest absolute Gasteiger partial charge is 0.223 e. The lowest BCUT2D eigenvalue weighted by Gasteiger charge is -2.24. The van der Waals surface area contributed by atoms with E-state index in [0.29, 0.717) is 13.0 Å². The van der Waals surface area contributed by atoms with Crippen LogP contribution in [0.5, 0.6) is 0 Å². The molecule has 1 aliphatic rings. The van der Waals surface area contributed by atoms with Crippen LogP contribution in [0.2, 0.25) is 0 Å². The Kier molecular flexibility index (Phi) is 4.43. The minimum atomic E-state index is 0.180. The topological polar surface area (TPSA) is 55.6 Å². The van der Waals surface area contributed by atoms with Gasteiger partial charge in [-0.05, 0) is 30.0 Å². The fourth-order valence-corrected chi connectivity index (χ4v) is 2.38. The number of ether oxygens (including phenoxy) is 1. The minimum Gasteiger partial charge on any atom is -0.399 e. The molecule has 0 aliphatic carbocycles. The van der Waals surface area contributed by atoms with Gasteiger partial charge in [-0.15, -0.1) is 0 Å². The van der Waals surface area contributed by atoms with Gasteiger partial charge in [0.05, 0.1) is 12.6 Å². The van der Waals surface area contributed by atoms with Crippen molar-refractivity contribution in [2.75, 3.05) is 26.0 Å². The SMILES string of the molecule is CC(CC(=O)N(C)C1CCOC1)c1ccc(N)cc1. The van der Waals surface area contributed by atoms with E-state index < -0.39 is 0 Å². The molecule has 2 rings (SSSR count). The summed E-state index contributed by atoms with van der Waals surface area (Å²) < 4.78 is 5.32. The maximum atomic E-state index is 12.2. The number of hydrogen-bond acceptors (Lipinski definition) is 3. The molecule has 0 radical (unpaired) electrons. The van der Waals surface area contributed by atoms with E-state index in [0.717, 1.165) is 24.3 Å². The van der Waals surface area contributed by atoms with Crippen LogP contribution in [0.4, 0.5) is 5.69 Å². The number of likely N-dealkylation sites (N-methyl/N-ethyl adjacent to an activating group) is 1. The molecule has 1 aromatic carbocycles. The van der Waals surface area contributed by atoms with E-state index in [1.165, 1.54) is 0 Å². The first-order valence-corrected chi connectivity index (χ1v) is 6.76. The molecular formula is C15H22N2O2. The van der Waals surface area contributed by atoms with Gasteiger partial charge in [0.1, 0.15) is 0 Å². The zero-order chi connectivity index (χ0) is 13.8. The molecule has 1 fully saturated rings. The minimum absolute atomic E-state index is 0.180. The highest BCUT2D eigenvalue weighted by Gasteiger charge is 2.25. The molecule has 0 aromatic heterocycles. The summed E-state index contributed by atoms with van der Waals surface area (Å²) >= 11 is 0. The Balaban J connectivity index is 1.92. The second kappa shape index (κ2) is 6.06. The van der Waals surface area contributed by atoms with Gasteiger partial charge in [0.2, 0.25) is 5.91 Å². The van der Waals surface area contributed by atoms with Crippen LogP contribution in [0.3, 0.4) is 0 Å². The van der Waals surface area contributed by atoms with Crippen LogP contribution >= 0.6 is 0 Å². The number of nitrogen functional groups attached to an aromatic ring is 1. The largest absolute Gasteiger partial charge is 0.399 e. The maximum Gasteiger partial charge on any atom is 0.223 e. The lowest BCUT2D eigenvalue weighted by Crippen LogP contribution is -2.37. The molecule has 1 aliphatic heterocycles. The summed E-state index contributed by atoms with van der Waals surface area (Å²) in [6.45, 7) is 3.50. The Morgan fingerprint density at radius 3 is 2.74 bits per heavy atom. The van der Waals surface area contributed by atoms with Gasteiger partial charge in [-0.3, -0.25) is 4.79 Å². The maximum absolute atomic E-state index is 12.2. The summed E-state index contributed by atoms with van der Waals surface area (Å²) in [5.41, 5.74) is 7.57. The molecule has 0 spiro atoms. The molecular weight excluding hydrogens is 240 g/mol. The Bertz CT molecular complexity index is 424. The number of carbonyl (C=O) groups is 1. The van der Waals surface area contributed by atoms with E-state index >= 15 is 0 Å². The number of nitrogens with two attached hydrogens (primary N) is 1. The van der Waals surface area contributed by atoms with Gasteiger partial charge in [-0.2, -0.15) is 0 Å². The van der Waals surface area contributed by atoms with Gasteiger partial charge in [-0.25, -0.2) is 0 Å². The fourth-order valence-electron chi connectivity index (χ4n) is 2.38. The van der Waals surface area contributed by atoms with Crippen molar-refractivity contribution in [2.45, 2.75) is 31.7 Å². The molecule has 1 heterocycles. The average Bonchev–Trinajstić information content (AvgIpc) is 2.92. The van der Waals surface area contributed by atoms with E-state index in [4.69, 9.17) is 10.5 Å². The molecule has 4 nitrogen and oxygen atoms in total. The zero-order valence-electron chi connectivity index (χ0n) is 11.6. The van der Waals surface area contributed by atoms with Crippen molar-refractivity contribution >= 4 is 11.6 Å². The Labute approximate surface area is 114 Å². The number of anilines is 1. The molecule has 0 bridgehead atoms. The predicted molar refractivity (Wildman–Crippen MR) is 75.9 cm³/mol. The number of benzene rings is 1. The summed E-state index contributed by atoms with van der Waals surface area (Å²) in [6, 6.07) is 7.99. The first kappa shape index (κ1) is 13.9. The number of rotatable bonds is 4. The Hall–Kier alpha value is -1.55. The van der Waals surface area contributed by atoms with Crippen molar-refractivity contribution in [1.29, 1.82) is 0 Å². The van der Waals surface area contributed by atoms with Gasteiger partial charge >= 0.3 is 0 Å². The van der Waals surface area contributed by atoms with E-state index in [1.807, 2.05) is 36.2 Å². The van der Waals surface area contributed by atoms with Crippen LogP contribution in [-0.4, -0.2) is 37.1 Å². The van der Waals surface area contributed by atoms with E-state index in [-0.39, 0.29) is 17.9 Å². The van der Waals surface area contributed by atoms with Crippen molar-refractivity contribution in [3.63, 3.8) is 0 Å². The van der Waals surface area contributed by atoms with Crippen molar-refractivity contribution < 1.29 is 9.53 Å². The fraction of sp³-hybridized carbons (Fsp3) is 0.533. The molecule has 1 saturated heterocycles. The molecule has 1 aromatic rings. The highest BCUT2D eigenvalue weighted by atomic mass is 16.5. The number of amides is 1. The zero-order valence-corrected chi connectivity index (χ0v) is 11.6. The second-order valence-corrected chi connectivity index (χ2v) is 5.29. The van der Waals surface area contributed by atoms with Crippen LogP contribution in [-0.2, 0) is 9.53 Å². The summed E-state index contributed by atoms with van der Waals surface area (Å²) in [5.74, 6) is 0.387. The lowest BCUT2D eigenvalue weighted by molar-refractivity contribution is -0.132. The summed E-state index contributed by atoms with van der Waals surface area (Å²) in [6.07, 6.45) is 1.47. The standard InChI is InChI=1S/C15H22N2O2/c1-11(12-3-5-13(16)6-4-12)9-15(18)17(2)14-7-8-19-10-14/h3-6,11,14H,7-10,16H2,1-2H3. The predicted octanol–water partition coefficient (Wildman–Crippen LogP) is 2.01. The van der Waals surface area contributed by atoms with Crippen LogP contribution in [0, 0.1) is 0 Å². The van der Waals surface area contributed by atoms with Crippen LogP contribution < -0.4 is 5.73 Å².